The first-order chi connectivity index (χ1) is 17.7. The van der Waals surface area contributed by atoms with Crippen LogP contribution in [0.25, 0.3) is 21.5 Å². The van der Waals surface area contributed by atoms with Crippen LogP contribution >= 0.6 is 11.3 Å². The lowest BCUT2D eigenvalue weighted by molar-refractivity contribution is -0.137. The number of aliphatic hydroxyl groups is 1. The number of halogens is 3. The molecule has 1 saturated heterocycles. The lowest BCUT2D eigenvalue weighted by Crippen LogP contribution is -2.48. The highest BCUT2D eigenvalue weighted by Gasteiger charge is 2.30. The molecule has 1 fully saturated rings. The second kappa shape index (κ2) is 10.8. The topological polar surface area (TPSA) is 74.9 Å². The van der Waals surface area contributed by atoms with Crippen molar-refractivity contribution in [2.45, 2.75) is 25.7 Å². The number of rotatable bonds is 8. The van der Waals surface area contributed by atoms with Crippen molar-refractivity contribution in [3.05, 3.63) is 64.9 Å². The van der Waals surface area contributed by atoms with E-state index in [0.717, 1.165) is 53.5 Å². The average molecular weight is 533 g/mol. The number of alkyl halides is 3. The minimum atomic E-state index is -4.41. The van der Waals surface area contributed by atoms with Crippen molar-refractivity contribution in [2.24, 2.45) is 0 Å². The zero-order valence-electron chi connectivity index (χ0n) is 20.2. The molecule has 1 aliphatic heterocycles. The van der Waals surface area contributed by atoms with Crippen LogP contribution in [0.2, 0.25) is 0 Å². The molecular weight excluding hydrogens is 505 g/mol. The summed E-state index contributed by atoms with van der Waals surface area (Å²) >= 11 is 1.64. The molecule has 1 aliphatic rings. The molecule has 0 spiro atoms. The van der Waals surface area contributed by atoms with E-state index < -0.39 is 17.8 Å². The van der Waals surface area contributed by atoms with Crippen molar-refractivity contribution in [2.75, 3.05) is 39.3 Å². The smallest absolute Gasteiger partial charge is 0.416 e. The van der Waals surface area contributed by atoms with Crippen molar-refractivity contribution >= 4 is 21.6 Å². The second-order valence-electron chi connectivity index (χ2n) is 9.16. The summed E-state index contributed by atoms with van der Waals surface area (Å²) in [5.41, 5.74) is 0.938. The maximum absolute atomic E-state index is 13.0. The molecular formula is C26H27F3N4O3S. The van der Waals surface area contributed by atoms with Gasteiger partial charge < -0.3 is 14.4 Å². The highest BCUT2D eigenvalue weighted by molar-refractivity contribution is 7.18. The van der Waals surface area contributed by atoms with E-state index in [4.69, 9.17) is 9.26 Å². The predicted octanol–water partition coefficient (Wildman–Crippen LogP) is 4.84. The van der Waals surface area contributed by atoms with Crippen LogP contribution in [0.4, 0.5) is 13.2 Å². The molecule has 11 heteroatoms. The van der Waals surface area contributed by atoms with E-state index in [1.807, 2.05) is 25.1 Å². The monoisotopic (exact) mass is 532 g/mol. The first kappa shape index (κ1) is 25.7. The SMILES string of the molecule is Cc1nc2cc(OCC(O)CN3CCN(Cc4cc(-c5cccc(C(F)(F)F)c5)no4)CC3)ccc2s1. The Hall–Kier alpha value is -2.99. The molecule has 7 nitrogen and oxygen atoms in total. The van der Waals surface area contributed by atoms with Gasteiger partial charge in [0.05, 0.1) is 27.3 Å². The van der Waals surface area contributed by atoms with Crippen molar-refractivity contribution in [3.8, 4) is 17.0 Å². The number of ether oxygens (including phenoxy) is 1. The van der Waals surface area contributed by atoms with Crippen LogP contribution in [0, 0.1) is 6.92 Å². The lowest BCUT2D eigenvalue weighted by Gasteiger charge is -2.35. The minimum absolute atomic E-state index is 0.200. The van der Waals surface area contributed by atoms with Gasteiger partial charge in [-0.25, -0.2) is 4.98 Å². The van der Waals surface area contributed by atoms with Gasteiger partial charge in [-0.1, -0.05) is 17.3 Å². The molecule has 0 saturated carbocycles. The number of fused-ring (bicyclic) bond motifs is 1. The number of β-amino-alcohol motifs (C(OH)–C–C–N with tert-alkyl or cyclic N) is 1. The predicted molar refractivity (Wildman–Crippen MR) is 135 cm³/mol. The van der Waals surface area contributed by atoms with Crippen LogP contribution < -0.4 is 4.74 Å². The van der Waals surface area contributed by atoms with Crippen LogP contribution in [0.3, 0.4) is 0 Å². The molecule has 1 atom stereocenters. The fourth-order valence-corrected chi connectivity index (χ4v) is 5.19. The van der Waals surface area contributed by atoms with E-state index in [0.29, 0.717) is 35.9 Å². The maximum atomic E-state index is 13.0. The summed E-state index contributed by atoms with van der Waals surface area (Å²) in [6.45, 7) is 6.28. The normalized spacial score (nSPS) is 16.4. The van der Waals surface area contributed by atoms with Crippen LogP contribution in [0.5, 0.6) is 5.75 Å². The summed E-state index contributed by atoms with van der Waals surface area (Å²) in [6.07, 6.45) is -5.03. The van der Waals surface area contributed by atoms with Crippen LogP contribution in [0.15, 0.2) is 53.1 Å². The van der Waals surface area contributed by atoms with Crippen molar-refractivity contribution < 1.29 is 27.5 Å². The average Bonchev–Trinajstić information content (AvgIpc) is 3.49. The number of aromatic nitrogens is 2. The molecule has 196 valence electrons. The third kappa shape index (κ3) is 6.48. The largest absolute Gasteiger partial charge is 0.491 e. The molecule has 4 aromatic rings. The van der Waals surface area contributed by atoms with Gasteiger partial charge in [0.1, 0.15) is 24.2 Å². The molecule has 0 aliphatic carbocycles. The van der Waals surface area contributed by atoms with Gasteiger partial charge >= 0.3 is 6.18 Å². The highest BCUT2D eigenvalue weighted by Crippen LogP contribution is 2.32. The van der Waals surface area contributed by atoms with Gasteiger partial charge in [-0.15, -0.1) is 11.3 Å². The number of hydrogen-bond acceptors (Lipinski definition) is 8. The Balaban J connectivity index is 1.07. The van der Waals surface area contributed by atoms with Gasteiger partial charge in [0, 0.05) is 50.4 Å². The van der Waals surface area contributed by atoms with E-state index in [9.17, 15) is 18.3 Å². The summed E-state index contributed by atoms with van der Waals surface area (Å²) < 4.78 is 51.3. The summed E-state index contributed by atoms with van der Waals surface area (Å²) in [6, 6.07) is 12.5. The molecule has 5 rings (SSSR count). The Morgan fingerprint density at radius 1 is 1.08 bits per heavy atom. The Bertz CT molecular complexity index is 1350. The molecule has 1 unspecified atom stereocenters. The third-order valence-electron chi connectivity index (χ3n) is 6.27. The molecule has 2 aromatic carbocycles. The zero-order chi connectivity index (χ0) is 26.0. The number of hydrogen-bond donors (Lipinski definition) is 1. The van der Waals surface area contributed by atoms with E-state index in [1.54, 1.807) is 23.5 Å². The quantitative estimate of drug-likeness (QED) is 0.348. The molecule has 3 heterocycles. The van der Waals surface area contributed by atoms with E-state index >= 15 is 0 Å². The summed E-state index contributed by atoms with van der Waals surface area (Å²) in [5, 5.41) is 15.4. The summed E-state index contributed by atoms with van der Waals surface area (Å²) in [5.74, 6) is 1.29. The zero-order valence-corrected chi connectivity index (χ0v) is 21.1. The summed E-state index contributed by atoms with van der Waals surface area (Å²) in [4.78, 5) is 8.85. The highest BCUT2D eigenvalue weighted by atomic mass is 32.1. The molecule has 1 N–H and O–H groups in total. The first-order valence-electron chi connectivity index (χ1n) is 12.0. The van der Waals surface area contributed by atoms with Gasteiger partial charge in [0.25, 0.3) is 0 Å². The van der Waals surface area contributed by atoms with Gasteiger partial charge in [0.15, 0.2) is 5.76 Å². The van der Waals surface area contributed by atoms with E-state index in [-0.39, 0.29) is 6.61 Å². The molecule has 37 heavy (non-hydrogen) atoms. The fraction of sp³-hybridized carbons (Fsp3) is 0.385. The van der Waals surface area contributed by atoms with Crippen LogP contribution in [-0.4, -0.2) is 70.5 Å². The Morgan fingerprint density at radius 3 is 2.65 bits per heavy atom. The molecule has 0 radical (unpaired) electrons. The van der Waals surface area contributed by atoms with E-state index in [2.05, 4.69) is 19.9 Å². The number of nitrogens with zero attached hydrogens (tertiary/aromatic N) is 4. The van der Waals surface area contributed by atoms with E-state index in [1.165, 1.54) is 6.07 Å². The fourth-order valence-electron chi connectivity index (χ4n) is 4.38. The van der Waals surface area contributed by atoms with Gasteiger partial charge in [-0.2, -0.15) is 13.2 Å². The number of aliphatic hydroxyl groups excluding tert-OH is 1. The van der Waals surface area contributed by atoms with Gasteiger partial charge in [-0.05, 0) is 31.2 Å². The Labute approximate surface area is 216 Å². The summed E-state index contributed by atoms with van der Waals surface area (Å²) in [7, 11) is 0. The third-order valence-corrected chi connectivity index (χ3v) is 7.22. The molecule has 2 aromatic heterocycles. The lowest BCUT2D eigenvalue weighted by atomic mass is 10.1. The van der Waals surface area contributed by atoms with Crippen molar-refractivity contribution in [3.63, 3.8) is 0 Å². The first-order valence-corrected chi connectivity index (χ1v) is 12.8. The van der Waals surface area contributed by atoms with Crippen LogP contribution in [0.1, 0.15) is 16.3 Å². The molecule has 0 amide bonds. The standard InChI is InChI=1S/C26H27F3N4O3S/c1-17-30-24-12-21(5-6-25(24)37-17)35-16-20(34)14-32-7-9-33(10-8-32)15-22-13-23(31-36-22)18-3-2-4-19(11-18)26(27,28)29/h2-6,11-13,20,34H,7-10,14-16H2,1H3. The second-order valence-corrected chi connectivity index (χ2v) is 10.4. The number of thiazole rings is 1. The number of benzene rings is 2. The van der Waals surface area contributed by atoms with Crippen molar-refractivity contribution in [1.29, 1.82) is 0 Å². The number of aryl methyl sites for hydroxylation is 1. The Kier molecular flexibility index (Phi) is 7.47. The Morgan fingerprint density at radius 2 is 1.86 bits per heavy atom. The number of piperazine rings is 1. The van der Waals surface area contributed by atoms with Crippen LogP contribution in [-0.2, 0) is 12.7 Å². The maximum Gasteiger partial charge on any atom is 0.416 e. The van der Waals surface area contributed by atoms with Crippen molar-refractivity contribution in [1.82, 2.24) is 19.9 Å². The minimum Gasteiger partial charge on any atom is -0.491 e. The van der Waals surface area contributed by atoms with Gasteiger partial charge in [0.2, 0.25) is 0 Å². The molecule has 0 bridgehead atoms. The van der Waals surface area contributed by atoms with Gasteiger partial charge in [-0.3, -0.25) is 9.80 Å².